The smallest absolute Gasteiger partial charge is 0.407 e. The number of amides is 2. The number of nitrogens with zero attached hydrogens (tertiary/aromatic N) is 2. The van der Waals surface area contributed by atoms with Gasteiger partial charge in [0.2, 0.25) is 5.36 Å². The standard InChI is InChI=1S/C33H38N4O6/c1-33(2,3)43-32(41)35-16-8-15-34-30(38)20-9-12-23(31(39)40)26(17-20)29-24-13-10-21(36(4)5)18-27(24)42-28-19-22(37(6)7)11-14-25(28)29/h9-14,17-19H,8,15-16H2,1-7H3,(H2-,34,35,38,39,40,41). The topological polar surface area (TPSA) is 127 Å². The number of ether oxygens (including phenoxy) is 1. The third kappa shape index (κ3) is 7.32. The first-order valence-corrected chi connectivity index (χ1v) is 14.0. The minimum Gasteiger partial charge on any atom is -0.545 e. The van der Waals surface area contributed by atoms with Gasteiger partial charge in [0.05, 0.1) is 12.0 Å². The molecule has 0 unspecified atom stereocenters. The minimum absolute atomic E-state index is 0.0414. The van der Waals surface area contributed by atoms with Crippen molar-refractivity contribution in [2.75, 3.05) is 46.2 Å². The first-order chi connectivity index (χ1) is 20.2. The second kappa shape index (κ2) is 12.6. The molecule has 0 saturated carbocycles. The maximum atomic E-state index is 13.1. The van der Waals surface area contributed by atoms with Gasteiger partial charge in [0.1, 0.15) is 31.0 Å². The van der Waals surface area contributed by atoms with E-state index in [1.807, 2.05) is 74.1 Å². The van der Waals surface area contributed by atoms with Gasteiger partial charge in [-0.2, -0.15) is 0 Å². The van der Waals surface area contributed by atoms with Crippen LogP contribution in [0.1, 0.15) is 47.9 Å². The molecule has 0 fully saturated rings. The van der Waals surface area contributed by atoms with Crippen molar-refractivity contribution in [3.63, 3.8) is 0 Å². The average molecular weight is 587 g/mol. The van der Waals surface area contributed by atoms with Crippen molar-refractivity contribution < 1.29 is 28.6 Å². The summed E-state index contributed by atoms with van der Waals surface area (Å²) in [5.74, 6) is -1.16. The number of rotatable bonds is 8. The Kier molecular flexibility index (Phi) is 9.08. The number of anilines is 1. The molecule has 1 aliphatic carbocycles. The fourth-order valence-electron chi connectivity index (χ4n) is 4.68. The summed E-state index contributed by atoms with van der Waals surface area (Å²) < 4.78 is 13.5. The van der Waals surface area contributed by atoms with Crippen LogP contribution in [0.4, 0.5) is 10.5 Å². The summed E-state index contributed by atoms with van der Waals surface area (Å²) >= 11 is 0. The number of fused-ring (bicyclic) bond motifs is 2. The van der Waals surface area contributed by atoms with E-state index in [4.69, 9.17) is 9.15 Å². The van der Waals surface area contributed by atoms with Crippen LogP contribution in [0.25, 0.3) is 33.4 Å². The molecule has 0 radical (unpaired) electrons. The molecule has 0 atom stereocenters. The molecular weight excluding hydrogens is 548 g/mol. The van der Waals surface area contributed by atoms with Crippen LogP contribution >= 0.6 is 0 Å². The van der Waals surface area contributed by atoms with E-state index < -0.39 is 17.7 Å². The number of carbonyl (C=O) groups excluding carboxylic acids is 3. The Balaban J connectivity index is 1.73. The van der Waals surface area contributed by atoms with Crippen molar-refractivity contribution in [2.45, 2.75) is 32.8 Å². The molecule has 1 heterocycles. The molecule has 43 heavy (non-hydrogen) atoms. The monoisotopic (exact) mass is 586 g/mol. The third-order valence-corrected chi connectivity index (χ3v) is 6.80. The van der Waals surface area contributed by atoms with Crippen molar-refractivity contribution in [1.29, 1.82) is 0 Å². The lowest BCUT2D eigenvalue weighted by atomic mass is 9.89. The Morgan fingerprint density at radius 1 is 0.930 bits per heavy atom. The summed E-state index contributed by atoms with van der Waals surface area (Å²) in [6, 6.07) is 15.9. The Morgan fingerprint density at radius 2 is 1.65 bits per heavy atom. The number of carboxylic acids is 1. The minimum atomic E-state index is -1.35. The first kappa shape index (κ1) is 31.1. The fourth-order valence-corrected chi connectivity index (χ4v) is 4.68. The molecule has 2 aromatic rings. The number of alkyl carbamates (subject to hydrolysis) is 1. The second-order valence-electron chi connectivity index (χ2n) is 11.7. The molecule has 2 amide bonds. The molecule has 0 bridgehead atoms. The van der Waals surface area contributed by atoms with E-state index >= 15 is 0 Å². The molecule has 226 valence electrons. The van der Waals surface area contributed by atoms with Crippen molar-refractivity contribution in [1.82, 2.24) is 15.2 Å². The van der Waals surface area contributed by atoms with E-state index in [1.54, 1.807) is 26.8 Å². The van der Waals surface area contributed by atoms with Crippen LogP contribution in [0.5, 0.6) is 0 Å². The van der Waals surface area contributed by atoms with Crippen LogP contribution in [0.3, 0.4) is 0 Å². The molecule has 10 heteroatoms. The molecule has 1 aliphatic heterocycles. The molecule has 0 saturated heterocycles. The van der Waals surface area contributed by atoms with Crippen LogP contribution < -0.4 is 30.6 Å². The summed E-state index contributed by atoms with van der Waals surface area (Å²) in [5, 5.41) is 19.4. The van der Waals surface area contributed by atoms with E-state index in [1.165, 1.54) is 12.1 Å². The molecule has 0 aromatic heterocycles. The SMILES string of the molecule is CN(C)c1ccc2c(-c3cc(C(=O)NCCCNC(=O)OC(C)(C)C)ccc3C(=O)[O-])c3ccc(=[N+](C)C)cc-3oc2c1. The molecule has 0 spiro atoms. The van der Waals surface area contributed by atoms with E-state index in [0.29, 0.717) is 52.9 Å². The highest BCUT2D eigenvalue weighted by atomic mass is 16.6. The van der Waals surface area contributed by atoms with Gasteiger partial charge in [-0.1, -0.05) is 6.07 Å². The van der Waals surface area contributed by atoms with E-state index in [0.717, 1.165) is 11.0 Å². The van der Waals surface area contributed by atoms with Crippen LogP contribution in [0.2, 0.25) is 0 Å². The van der Waals surface area contributed by atoms with Crippen LogP contribution in [0.15, 0.2) is 59.0 Å². The lowest BCUT2D eigenvalue weighted by Crippen LogP contribution is -2.34. The molecule has 2 aromatic carbocycles. The first-order valence-electron chi connectivity index (χ1n) is 14.0. The number of benzene rings is 3. The van der Waals surface area contributed by atoms with Gasteiger partial charge in [-0.3, -0.25) is 4.79 Å². The molecule has 4 rings (SSSR count). The number of hydrogen-bond donors (Lipinski definition) is 2. The predicted octanol–water partition coefficient (Wildman–Crippen LogP) is 3.31. The van der Waals surface area contributed by atoms with Crippen molar-refractivity contribution in [2.24, 2.45) is 0 Å². The van der Waals surface area contributed by atoms with Gasteiger partial charge >= 0.3 is 6.09 Å². The highest BCUT2D eigenvalue weighted by molar-refractivity contribution is 6.09. The number of nitrogens with one attached hydrogen (secondary N) is 2. The van der Waals surface area contributed by atoms with Gasteiger partial charge in [-0.15, -0.1) is 0 Å². The van der Waals surface area contributed by atoms with Crippen LogP contribution in [0, 0.1) is 0 Å². The van der Waals surface area contributed by atoms with Gasteiger partial charge in [0.25, 0.3) is 5.91 Å². The van der Waals surface area contributed by atoms with E-state index in [-0.39, 0.29) is 17.0 Å². The maximum absolute atomic E-state index is 13.1. The molecule has 2 aliphatic rings. The van der Waals surface area contributed by atoms with Crippen molar-refractivity contribution >= 4 is 34.6 Å². The van der Waals surface area contributed by atoms with E-state index in [9.17, 15) is 19.5 Å². The summed E-state index contributed by atoms with van der Waals surface area (Å²) in [6.07, 6.45) is -0.0434. The summed E-state index contributed by atoms with van der Waals surface area (Å²) in [4.78, 5) is 39.3. The summed E-state index contributed by atoms with van der Waals surface area (Å²) in [6.45, 7) is 5.96. The van der Waals surface area contributed by atoms with Crippen molar-refractivity contribution in [3.8, 4) is 22.5 Å². The Morgan fingerprint density at radius 3 is 2.30 bits per heavy atom. The highest BCUT2D eigenvalue weighted by Gasteiger charge is 2.22. The second-order valence-corrected chi connectivity index (χ2v) is 11.7. The molecule has 10 nitrogen and oxygen atoms in total. The van der Waals surface area contributed by atoms with Crippen LogP contribution in [-0.2, 0) is 4.74 Å². The van der Waals surface area contributed by atoms with Crippen LogP contribution in [-0.4, -0.2) is 64.9 Å². The normalized spacial score (nSPS) is 11.3. The predicted molar refractivity (Wildman–Crippen MR) is 165 cm³/mol. The average Bonchev–Trinajstić information content (AvgIpc) is 2.93. The lowest BCUT2D eigenvalue weighted by Gasteiger charge is -2.20. The van der Waals surface area contributed by atoms with Gasteiger partial charge in [-0.25, -0.2) is 9.37 Å². The zero-order valence-electron chi connectivity index (χ0n) is 25.7. The number of hydrogen-bond acceptors (Lipinski definition) is 7. The van der Waals surface area contributed by atoms with Crippen molar-refractivity contribution in [3.05, 3.63) is 71.1 Å². The zero-order chi connectivity index (χ0) is 31.5. The highest BCUT2D eigenvalue weighted by Crippen LogP contribution is 2.42. The van der Waals surface area contributed by atoms with Gasteiger partial charge in [-0.05, 0) is 63.1 Å². The van der Waals surface area contributed by atoms with Gasteiger partial charge in [0, 0.05) is 72.6 Å². The number of carbonyl (C=O) groups is 3. The lowest BCUT2D eigenvalue weighted by molar-refractivity contribution is -0.254. The number of carboxylic acid groups (broad SMARTS) is 1. The molecule has 2 N–H and O–H groups in total. The van der Waals surface area contributed by atoms with Gasteiger partial charge < -0.3 is 34.6 Å². The quantitative estimate of drug-likeness (QED) is 0.184. The summed E-state index contributed by atoms with van der Waals surface area (Å²) in [7, 11) is 7.71. The Hall–Kier alpha value is -4.86. The molecular formula is C33H38N4O6. The van der Waals surface area contributed by atoms with E-state index in [2.05, 4.69) is 10.6 Å². The fraction of sp³-hybridized carbons (Fsp3) is 0.333. The van der Waals surface area contributed by atoms with Gasteiger partial charge in [0.15, 0.2) is 0 Å². The Bertz CT molecular complexity index is 1730. The maximum Gasteiger partial charge on any atom is 0.407 e. The third-order valence-electron chi connectivity index (χ3n) is 6.80. The zero-order valence-corrected chi connectivity index (χ0v) is 25.7. The summed E-state index contributed by atoms with van der Waals surface area (Å²) in [5.41, 5.74) is 2.81. The largest absolute Gasteiger partial charge is 0.545 e. The number of aromatic carboxylic acids is 1. The Labute approximate surface area is 250 Å².